The Kier molecular flexibility index (Phi) is 4.59. The van der Waals surface area contributed by atoms with Crippen molar-refractivity contribution in [1.82, 2.24) is 0 Å². The third-order valence-corrected chi connectivity index (χ3v) is 10.1. The summed E-state index contributed by atoms with van der Waals surface area (Å²) >= 11 is 0. The van der Waals surface area contributed by atoms with Crippen LogP contribution in [-0.2, 0) is 23.9 Å². The van der Waals surface area contributed by atoms with E-state index in [4.69, 9.17) is 4.74 Å². The number of rotatable bonds is 1. The molecule has 0 aromatic rings. The van der Waals surface area contributed by atoms with Crippen molar-refractivity contribution in [3.63, 3.8) is 0 Å². The maximum atomic E-state index is 14.0. The summed E-state index contributed by atoms with van der Waals surface area (Å²) in [4.78, 5) is 53.9. The Morgan fingerprint density at radius 3 is 2.21 bits per heavy atom. The average Bonchev–Trinajstić information content (AvgIpc) is 2.73. The highest BCUT2D eigenvalue weighted by molar-refractivity contribution is 6.26. The van der Waals surface area contributed by atoms with Crippen LogP contribution in [0.4, 0.5) is 0 Å². The van der Waals surface area contributed by atoms with Crippen LogP contribution in [-0.4, -0.2) is 52.3 Å². The number of aliphatic hydroxyl groups is 2. The minimum atomic E-state index is -2.39. The molecule has 4 rings (SSSR count). The Bertz CT molecular complexity index is 1050. The minimum absolute atomic E-state index is 0.0596. The molecule has 2 bridgehead atoms. The first kappa shape index (κ1) is 24.0. The SMILES string of the molecule is C=C1[C@@]2(C)C[C@H]3[C@@]4(C)C(=CC[C@]3(C)[C@]1(C(=O)OC)C(=O)[C@@](C)(O)C2=O)C(C)(C)C(=O)C[C@H]4O. The average molecular weight is 459 g/mol. The molecule has 0 heterocycles. The molecule has 0 unspecified atom stereocenters. The zero-order chi connectivity index (χ0) is 25.2. The van der Waals surface area contributed by atoms with Gasteiger partial charge < -0.3 is 14.9 Å². The second-order valence-corrected chi connectivity index (χ2v) is 11.8. The second kappa shape index (κ2) is 6.30. The molecule has 0 aromatic carbocycles. The fourth-order valence-electron chi connectivity index (χ4n) is 8.03. The topological polar surface area (TPSA) is 118 Å². The molecule has 0 radical (unpaired) electrons. The third-order valence-electron chi connectivity index (χ3n) is 10.1. The van der Waals surface area contributed by atoms with Gasteiger partial charge in [0.15, 0.2) is 22.6 Å². The van der Waals surface area contributed by atoms with Crippen LogP contribution in [0.5, 0.6) is 0 Å². The number of carbonyl (C=O) groups excluding carboxylic acids is 4. The van der Waals surface area contributed by atoms with E-state index in [0.717, 1.165) is 12.5 Å². The highest BCUT2D eigenvalue weighted by atomic mass is 16.5. The van der Waals surface area contributed by atoms with Gasteiger partial charge in [-0.2, -0.15) is 0 Å². The van der Waals surface area contributed by atoms with E-state index in [1.807, 2.05) is 26.8 Å². The van der Waals surface area contributed by atoms with E-state index >= 15 is 0 Å². The number of esters is 1. The summed E-state index contributed by atoms with van der Waals surface area (Å²) in [6.45, 7) is 14.2. The molecule has 0 aliphatic heterocycles. The molecule has 0 aromatic heterocycles. The Balaban J connectivity index is 2.11. The normalized spacial score (nSPS) is 48.6. The van der Waals surface area contributed by atoms with Crippen LogP contribution >= 0.6 is 0 Å². The van der Waals surface area contributed by atoms with Crippen LogP contribution in [0.3, 0.4) is 0 Å². The van der Waals surface area contributed by atoms with E-state index < -0.39 is 62.2 Å². The summed E-state index contributed by atoms with van der Waals surface area (Å²) in [6.07, 6.45) is 1.17. The van der Waals surface area contributed by atoms with Gasteiger partial charge >= 0.3 is 5.97 Å². The van der Waals surface area contributed by atoms with Crippen molar-refractivity contribution < 1.29 is 34.1 Å². The quantitative estimate of drug-likeness (QED) is 0.352. The monoisotopic (exact) mass is 458 g/mol. The number of ketones is 3. The van der Waals surface area contributed by atoms with Gasteiger partial charge in [0.2, 0.25) is 0 Å². The van der Waals surface area contributed by atoms with Gasteiger partial charge in [-0.1, -0.05) is 32.1 Å². The van der Waals surface area contributed by atoms with Gasteiger partial charge in [0.1, 0.15) is 5.78 Å². The molecule has 2 N–H and O–H groups in total. The van der Waals surface area contributed by atoms with Crippen molar-refractivity contribution in [2.24, 2.45) is 33.0 Å². The van der Waals surface area contributed by atoms with Crippen molar-refractivity contribution >= 4 is 23.3 Å². The van der Waals surface area contributed by atoms with Crippen molar-refractivity contribution in [3.05, 3.63) is 23.8 Å². The van der Waals surface area contributed by atoms with Crippen molar-refractivity contribution in [3.8, 4) is 0 Å². The smallest absolute Gasteiger partial charge is 0.324 e. The van der Waals surface area contributed by atoms with Gasteiger partial charge in [-0.25, -0.2) is 0 Å². The van der Waals surface area contributed by atoms with Crippen LogP contribution in [0.25, 0.3) is 0 Å². The largest absolute Gasteiger partial charge is 0.468 e. The number of methoxy groups -OCH3 is 1. The molecular formula is C26H34O7. The molecule has 180 valence electrons. The molecule has 0 amide bonds. The van der Waals surface area contributed by atoms with Crippen LogP contribution < -0.4 is 0 Å². The molecule has 33 heavy (non-hydrogen) atoms. The number of hydrogen-bond donors (Lipinski definition) is 2. The molecule has 7 atom stereocenters. The lowest BCUT2D eigenvalue weighted by Gasteiger charge is -2.69. The van der Waals surface area contributed by atoms with Crippen molar-refractivity contribution in [1.29, 1.82) is 0 Å². The van der Waals surface area contributed by atoms with Crippen molar-refractivity contribution in [2.75, 3.05) is 7.11 Å². The predicted octanol–water partition coefficient (Wildman–Crippen LogP) is 2.33. The van der Waals surface area contributed by atoms with E-state index in [2.05, 4.69) is 6.58 Å². The van der Waals surface area contributed by atoms with E-state index in [1.54, 1.807) is 13.8 Å². The first-order valence-corrected chi connectivity index (χ1v) is 11.5. The van der Waals surface area contributed by atoms with Crippen LogP contribution in [0.15, 0.2) is 23.8 Å². The van der Waals surface area contributed by atoms with E-state index in [0.29, 0.717) is 0 Å². The maximum absolute atomic E-state index is 14.0. The van der Waals surface area contributed by atoms with E-state index in [9.17, 15) is 29.4 Å². The molecule has 0 saturated heterocycles. The standard InChI is InChI=1S/C26H34O7/c1-13-22(4)12-15-23(5,26(13,20(31)33-8)19(30)25(7,32)18(22)29)10-9-14-21(2,3)16(27)11-17(28)24(14,15)6/h9,15,17,28,32H,1,10-12H2,2-8H3/t15-,17-,22-,23+,24-,25+,26+/m1/s1. The highest BCUT2D eigenvalue weighted by Crippen LogP contribution is 2.75. The van der Waals surface area contributed by atoms with Gasteiger partial charge in [0.25, 0.3) is 0 Å². The van der Waals surface area contributed by atoms with Crippen molar-refractivity contribution in [2.45, 2.75) is 72.5 Å². The zero-order valence-electron chi connectivity index (χ0n) is 20.5. The number of allylic oxidation sites excluding steroid dienone is 1. The lowest BCUT2D eigenvalue weighted by molar-refractivity contribution is -0.207. The molecule has 3 saturated carbocycles. The maximum Gasteiger partial charge on any atom is 0.324 e. The lowest BCUT2D eigenvalue weighted by Crippen LogP contribution is -2.77. The number of carbonyl (C=O) groups is 4. The highest BCUT2D eigenvalue weighted by Gasteiger charge is 2.81. The van der Waals surface area contributed by atoms with E-state index in [-0.39, 0.29) is 30.6 Å². The fraction of sp³-hybridized carbons (Fsp3) is 0.692. The summed E-state index contributed by atoms with van der Waals surface area (Å²) in [5.41, 5.74) is -7.81. The summed E-state index contributed by atoms with van der Waals surface area (Å²) in [6, 6.07) is 0. The Morgan fingerprint density at radius 2 is 1.67 bits per heavy atom. The lowest BCUT2D eigenvalue weighted by atomic mass is 9.31. The number of fused-ring (bicyclic) bond motifs is 6. The first-order valence-electron chi connectivity index (χ1n) is 11.5. The van der Waals surface area contributed by atoms with Crippen LogP contribution in [0, 0.1) is 33.0 Å². The summed E-state index contributed by atoms with van der Waals surface area (Å²) in [5, 5.41) is 22.5. The van der Waals surface area contributed by atoms with Gasteiger partial charge in [0.05, 0.1) is 18.6 Å². The molecular weight excluding hydrogens is 424 g/mol. The first-order chi connectivity index (χ1) is 14.9. The second-order valence-electron chi connectivity index (χ2n) is 11.8. The van der Waals surface area contributed by atoms with Gasteiger partial charge in [0, 0.05) is 22.7 Å². The Hall–Kier alpha value is -2.12. The molecule has 3 fully saturated rings. The third kappa shape index (κ3) is 2.24. The van der Waals surface area contributed by atoms with Crippen LogP contribution in [0.2, 0.25) is 0 Å². The van der Waals surface area contributed by atoms with Crippen LogP contribution in [0.1, 0.15) is 60.8 Å². The van der Waals surface area contributed by atoms with Gasteiger partial charge in [-0.15, -0.1) is 0 Å². The molecule has 4 aliphatic rings. The number of Topliss-reactive ketones (excluding diaryl/α,β-unsaturated/α-hetero) is 3. The molecule has 0 spiro atoms. The summed E-state index contributed by atoms with van der Waals surface area (Å²) in [7, 11) is 1.18. The molecule has 7 nitrogen and oxygen atoms in total. The molecule has 4 aliphatic carbocycles. The summed E-state index contributed by atoms with van der Waals surface area (Å²) in [5.74, 6) is -3.10. The number of hydrogen-bond acceptors (Lipinski definition) is 7. The van der Waals surface area contributed by atoms with Gasteiger partial charge in [-0.05, 0) is 52.0 Å². The predicted molar refractivity (Wildman–Crippen MR) is 119 cm³/mol. The Labute approximate surface area is 194 Å². The van der Waals surface area contributed by atoms with Gasteiger partial charge in [-0.3, -0.25) is 19.2 Å². The minimum Gasteiger partial charge on any atom is -0.468 e. The number of aliphatic hydroxyl groups excluding tert-OH is 1. The Morgan fingerprint density at radius 1 is 1.09 bits per heavy atom. The number of ether oxygens (including phenoxy) is 1. The summed E-state index contributed by atoms with van der Waals surface area (Å²) < 4.78 is 5.17. The molecule has 7 heteroatoms. The van der Waals surface area contributed by atoms with E-state index in [1.165, 1.54) is 7.11 Å². The fourth-order valence-corrected chi connectivity index (χ4v) is 8.03. The zero-order valence-corrected chi connectivity index (χ0v) is 20.5.